The van der Waals surface area contributed by atoms with E-state index in [1.165, 1.54) is 0 Å². The summed E-state index contributed by atoms with van der Waals surface area (Å²) < 4.78 is 0. The molecule has 0 radical (unpaired) electrons. The molecule has 0 saturated carbocycles. The van der Waals surface area contributed by atoms with Crippen LogP contribution in [0, 0.1) is 19.8 Å². The van der Waals surface area contributed by atoms with Crippen molar-refractivity contribution >= 4 is 35.0 Å². The van der Waals surface area contributed by atoms with Crippen LogP contribution in [-0.4, -0.2) is 42.5 Å². The Morgan fingerprint density at radius 2 is 1.38 bits per heavy atom. The highest BCUT2D eigenvalue weighted by atomic mass is 16.2. The first-order valence-electron chi connectivity index (χ1n) is 10.9. The van der Waals surface area contributed by atoms with Crippen LogP contribution < -0.4 is 21.3 Å². The van der Waals surface area contributed by atoms with Crippen LogP contribution in [0.5, 0.6) is 0 Å². The summed E-state index contributed by atoms with van der Waals surface area (Å²) in [7, 11) is 0. The Balaban J connectivity index is 1.47. The predicted molar refractivity (Wildman–Crippen MR) is 127 cm³/mol. The van der Waals surface area contributed by atoms with Crippen LogP contribution in [-0.2, 0) is 4.79 Å². The highest BCUT2D eigenvalue weighted by Gasteiger charge is 2.27. The minimum absolute atomic E-state index is 0.0285. The standard InChI is InChI=1S/C24H31N5O3/c1-4-25-22(30)18-9-11-29(12-10-18)24(32)28-20-7-5-19(6-8-20)26-23(31)27-21-14-16(2)13-17(3)15-21/h5-8,13-15,18H,4,9-12H2,1-3H3,(H,25,30)(H,28,32)(H2,26,27,31). The summed E-state index contributed by atoms with van der Waals surface area (Å²) in [5, 5.41) is 11.3. The lowest BCUT2D eigenvalue weighted by molar-refractivity contribution is -0.126. The zero-order chi connectivity index (χ0) is 23.1. The maximum Gasteiger partial charge on any atom is 0.323 e. The second-order valence-electron chi connectivity index (χ2n) is 8.12. The lowest BCUT2D eigenvalue weighted by Gasteiger charge is -2.31. The van der Waals surface area contributed by atoms with Crippen LogP contribution in [0.1, 0.15) is 30.9 Å². The molecule has 1 aliphatic heterocycles. The molecule has 1 fully saturated rings. The molecule has 8 nitrogen and oxygen atoms in total. The van der Waals surface area contributed by atoms with E-state index in [-0.39, 0.29) is 23.9 Å². The highest BCUT2D eigenvalue weighted by Crippen LogP contribution is 2.20. The highest BCUT2D eigenvalue weighted by molar-refractivity contribution is 6.00. The van der Waals surface area contributed by atoms with Gasteiger partial charge < -0.3 is 26.2 Å². The third-order valence-electron chi connectivity index (χ3n) is 5.38. The van der Waals surface area contributed by atoms with E-state index in [1.807, 2.05) is 39.0 Å². The molecule has 0 bridgehead atoms. The molecule has 1 aliphatic rings. The van der Waals surface area contributed by atoms with Gasteiger partial charge in [0.15, 0.2) is 0 Å². The summed E-state index contributed by atoms with van der Waals surface area (Å²) in [6, 6.07) is 12.3. The molecular formula is C24H31N5O3. The van der Waals surface area contributed by atoms with Crippen molar-refractivity contribution in [3.8, 4) is 0 Å². The van der Waals surface area contributed by atoms with Crippen molar-refractivity contribution in [3.05, 3.63) is 53.6 Å². The maximum atomic E-state index is 12.5. The maximum absolute atomic E-state index is 12.5. The number of nitrogens with one attached hydrogen (secondary N) is 4. The van der Waals surface area contributed by atoms with Gasteiger partial charge in [-0.15, -0.1) is 0 Å². The van der Waals surface area contributed by atoms with Crippen molar-refractivity contribution in [2.45, 2.75) is 33.6 Å². The van der Waals surface area contributed by atoms with Crippen LogP contribution in [0.15, 0.2) is 42.5 Å². The van der Waals surface area contributed by atoms with Gasteiger partial charge in [0.1, 0.15) is 0 Å². The van der Waals surface area contributed by atoms with Crippen molar-refractivity contribution < 1.29 is 14.4 Å². The number of benzene rings is 2. The molecule has 8 heteroatoms. The fourth-order valence-corrected chi connectivity index (χ4v) is 3.84. The van der Waals surface area contributed by atoms with E-state index in [4.69, 9.17) is 0 Å². The number of likely N-dealkylation sites (tertiary alicyclic amines) is 1. The van der Waals surface area contributed by atoms with Gasteiger partial charge in [-0.3, -0.25) is 4.79 Å². The second-order valence-corrected chi connectivity index (χ2v) is 8.12. The molecule has 2 aromatic rings. The van der Waals surface area contributed by atoms with E-state index in [2.05, 4.69) is 21.3 Å². The predicted octanol–water partition coefficient (Wildman–Crippen LogP) is 4.33. The minimum atomic E-state index is -0.332. The SMILES string of the molecule is CCNC(=O)C1CCN(C(=O)Nc2ccc(NC(=O)Nc3cc(C)cc(C)c3)cc2)CC1. The number of aryl methyl sites for hydroxylation is 2. The van der Waals surface area contributed by atoms with Crippen LogP contribution in [0.3, 0.4) is 0 Å². The fourth-order valence-electron chi connectivity index (χ4n) is 3.84. The normalized spacial score (nSPS) is 13.9. The molecule has 170 valence electrons. The van der Waals surface area contributed by atoms with Crippen LogP contribution in [0.4, 0.5) is 26.7 Å². The molecule has 1 saturated heterocycles. The van der Waals surface area contributed by atoms with Crippen molar-refractivity contribution in [2.75, 3.05) is 35.6 Å². The monoisotopic (exact) mass is 437 g/mol. The quantitative estimate of drug-likeness (QED) is 0.560. The number of anilines is 3. The number of piperidine rings is 1. The van der Waals surface area contributed by atoms with Crippen LogP contribution >= 0.6 is 0 Å². The van der Waals surface area contributed by atoms with Gasteiger partial charge in [0, 0.05) is 42.6 Å². The van der Waals surface area contributed by atoms with Gasteiger partial charge in [-0.2, -0.15) is 0 Å². The zero-order valence-corrected chi connectivity index (χ0v) is 18.8. The van der Waals surface area contributed by atoms with Crippen molar-refractivity contribution in [2.24, 2.45) is 5.92 Å². The molecule has 2 aromatic carbocycles. The van der Waals surface area contributed by atoms with E-state index in [1.54, 1.807) is 29.2 Å². The lowest BCUT2D eigenvalue weighted by atomic mass is 9.96. The lowest BCUT2D eigenvalue weighted by Crippen LogP contribution is -2.44. The van der Waals surface area contributed by atoms with Crippen molar-refractivity contribution in [3.63, 3.8) is 0 Å². The minimum Gasteiger partial charge on any atom is -0.356 e. The summed E-state index contributed by atoms with van der Waals surface area (Å²) in [6.07, 6.45) is 1.33. The smallest absolute Gasteiger partial charge is 0.323 e. The first-order valence-corrected chi connectivity index (χ1v) is 10.9. The van der Waals surface area contributed by atoms with E-state index >= 15 is 0 Å². The molecule has 0 aromatic heterocycles. The summed E-state index contributed by atoms with van der Waals surface area (Å²) in [6.45, 7) is 7.58. The van der Waals surface area contributed by atoms with Gasteiger partial charge in [-0.25, -0.2) is 9.59 Å². The molecule has 3 rings (SSSR count). The van der Waals surface area contributed by atoms with Crippen LogP contribution in [0.2, 0.25) is 0 Å². The average Bonchev–Trinajstić information content (AvgIpc) is 2.74. The first-order chi connectivity index (χ1) is 15.3. The Kier molecular flexibility index (Phi) is 7.70. The number of hydrogen-bond acceptors (Lipinski definition) is 3. The van der Waals surface area contributed by atoms with Crippen molar-refractivity contribution in [1.82, 2.24) is 10.2 Å². The van der Waals surface area contributed by atoms with Gasteiger partial charge in [-0.05, 0) is 81.1 Å². The molecule has 1 heterocycles. The average molecular weight is 438 g/mol. The third kappa shape index (κ3) is 6.47. The number of carbonyl (C=O) groups is 3. The Morgan fingerprint density at radius 3 is 1.94 bits per heavy atom. The van der Waals surface area contributed by atoms with Gasteiger partial charge in [0.05, 0.1) is 0 Å². The second kappa shape index (κ2) is 10.7. The number of carbonyl (C=O) groups excluding carboxylic acids is 3. The van der Waals surface area contributed by atoms with Gasteiger partial charge >= 0.3 is 12.1 Å². The summed E-state index contributed by atoms with van der Waals surface area (Å²) >= 11 is 0. The Morgan fingerprint density at radius 1 is 0.844 bits per heavy atom. The molecule has 4 N–H and O–H groups in total. The van der Waals surface area contributed by atoms with E-state index < -0.39 is 0 Å². The number of urea groups is 2. The first kappa shape index (κ1) is 23.1. The third-order valence-corrected chi connectivity index (χ3v) is 5.38. The number of rotatable bonds is 5. The number of nitrogens with zero attached hydrogens (tertiary/aromatic N) is 1. The van der Waals surface area contributed by atoms with E-state index in [0.717, 1.165) is 16.8 Å². The van der Waals surface area contributed by atoms with E-state index in [9.17, 15) is 14.4 Å². The van der Waals surface area contributed by atoms with E-state index in [0.29, 0.717) is 43.9 Å². The van der Waals surface area contributed by atoms with Gasteiger partial charge in [0.25, 0.3) is 0 Å². The molecule has 5 amide bonds. The Bertz CT molecular complexity index is 946. The molecule has 32 heavy (non-hydrogen) atoms. The Labute approximate surface area is 188 Å². The summed E-state index contributed by atoms with van der Waals surface area (Å²) in [4.78, 5) is 38.5. The molecule has 0 spiro atoms. The van der Waals surface area contributed by atoms with Crippen molar-refractivity contribution in [1.29, 1.82) is 0 Å². The van der Waals surface area contributed by atoms with Gasteiger partial charge in [-0.1, -0.05) is 6.07 Å². The summed E-state index contributed by atoms with van der Waals surface area (Å²) in [5.74, 6) is 0.0384. The zero-order valence-electron chi connectivity index (χ0n) is 18.8. The summed E-state index contributed by atoms with van der Waals surface area (Å²) in [5.41, 5.74) is 4.15. The number of hydrogen-bond donors (Lipinski definition) is 4. The molecule has 0 unspecified atom stereocenters. The topological polar surface area (TPSA) is 103 Å². The fraction of sp³-hybridized carbons (Fsp3) is 0.375. The van der Waals surface area contributed by atoms with Crippen LogP contribution in [0.25, 0.3) is 0 Å². The molecular weight excluding hydrogens is 406 g/mol. The number of amides is 5. The molecule has 0 atom stereocenters. The Hall–Kier alpha value is -3.55. The largest absolute Gasteiger partial charge is 0.356 e. The van der Waals surface area contributed by atoms with Gasteiger partial charge in [0.2, 0.25) is 5.91 Å². The molecule has 0 aliphatic carbocycles.